The molecule has 0 saturated carbocycles. The van der Waals surface area contributed by atoms with Gasteiger partial charge in [-0.2, -0.15) is 0 Å². The van der Waals surface area contributed by atoms with E-state index in [2.05, 4.69) is 26.3 Å². The Balaban J connectivity index is 1.25. The van der Waals surface area contributed by atoms with Gasteiger partial charge in [0.2, 0.25) is 0 Å². The summed E-state index contributed by atoms with van der Waals surface area (Å²) in [5.41, 5.74) is 2.14. The highest BCUT2D eigenvalue weighted by Crippen LogP contribution is 2.15. The smallest absolute Gasteiger partial charge is 0.314 e. The number of furan rings is 1. The van der Waals surface area contributed by atoms with Crippen LogP contribution in [0.3, 0.4) is 0 Å². The van der Waals surface area contributed by atoms with Gasteiger partial charge in [0.1, 0.15) is 18.2 Å². The SMILES string of the molecule is Cc1nc2ccccc2n1CCCNC(=O)NCCCOCc1ccco1. The van der Waals surface area contributed by atoms with Crippen molar-refractivity contribution in [2.45, 2.75) is 32.9 Å². The molecule has 7 heteroatoms. The maximum absolute atomic E-state index is 11.8. The molecule has 7 nitrogen and oxygen atoms in total. The molecule has 2 amide bonds. The maximum atomic E-state index is 11.8. The highest BCUT2D eigenvalue weighted by Gasteiger charge is 2.06. The van der Waals surface area contributed by atoms with E-state index in [1.165, 1.54) is 0 Å². The van der Waals surface area contributed by atoms with Crippen molar-refractivity contribution in [1.82, 2.24) is 20.2 Å². The normalized spacial score (nSPS) is 11.0. The number of para-hydroxylation sites is 2. The van der Waals surface area contributed by atoms with Crippen molar-refractivity contribution >= 4 is 17.1 Å². The number of fused-ring (bicyclic) bond motifs is 1. The lowest BCUT2D eigenvalue weighted by Gasteiger charge is -2.09. The first-order chi connectivity index (χ1) is 13.2. The number of imidazole rings is 1. The van der Waals surface area contributed by atoms with Gasteiger partial charge < -0.3 is 24.4 Å². The van der Waals surface area contributed by atoms with Gasteiger partial charge in [0.15, 0.2) is 0 Å². The monoisotopic (exact) mass is 370 g/mol. The second kappa shape index (κ2) is 9.78. The summed E-state index contributed by atoms with van der Waals surface area (Å²) in [6.07, 6.45) is 3.23. The molecular weight excluding hydrogens is 344 g/mol. The molecule has 0 atom stereocenters. The van der Waals surface area contributed by atoms with E-state index in [4.69, 9.17) is 9.15 Å². The number of amides is 2. The highest BCUT2D eigenvalue weighted by atomic mass is 16.5. The third kappa shape index (κ3) is 5.59. The van der Waals surface area contributed by atoms with Crippen LogP contribution >= 0.6 is 0 Å². The summed E-state index contributed by atoms with van der Waals surface area (Å²) in [6.45, 7) is 5.07. The van der Waals surface area contributed by atoms with Crippen LogP contribution in [0.5, 0.6) is 0 Å². The second-order valence-corrected chi connectivity index (χ2v) is 6.32. The molecule has 1 aromatic carbocycles. The Morgan fingerprint density at radius 1 is 1.15 bits per heavy atom. The fraction of sp³-hybridized carbons (Fsp3) is 0.400. The van der Waals surface area contributed by atoms with Crippen molar-refractivity contribution in [2.24, 2.45) is 0 Å². The molecule has 3 rings (SSSR count). The molecule has 0 bridgehead atoms. The van der Waals surface area contributed by atoms with E-state index < -0.39 is 0 Å². The molecule has 0 aliphatic rings. The van der Waals surface area contributed by atoms with Crippen LogP contribution in [0.1, 0.15) is 24.4 Å². The molecule has 2 aromatic heterocycles. The van der Waals surface area contributed by atoms with Crippen molar-refractivity contribution in [3.05, 3.63) is 54.2 Å². The van der Waals surface area contributed by atoms with Crippen LogP contribution in [-0.2, 0) is 17.9 Å². The Hall–Kier alpha value is -2.80. The van der Waals surface area contributed by atoms with Crippen molar-refractivity contribution in [1.29, 1.82) is 0 Å². The topological polar surface area (TPSA) is 81.3 Å². The van der Waals surface area contributed by atoms with Crippen molar-refractivity contribution < 1.29 is 13.9 Å². The third-order valence-corrected chi connectivity index (χ3v) is 4.26. The fourth-order valence-corrected chi connectivity index (χ4v) is 2.92. The van der Waals surface area contributed by atoms with Gasteiger partial charge in [-0.15, -0.1) is 0 Å². The summed E-state index contributed by atoms with van der Waals surface area (Å²) in [5, 5.41) is 5.72. The molecule has 3 aromatic rings. The molecule has 2 N–H and O–H groups in total. The van der Waals surface area contributed by atoms with E-state index >= 15 is 0 Å². The number of nitrogens with zero attached hydrogens (tertiary/aromatic N) is 2. The second-order valence-electron chi connectivity index (χ2n) is 6.32. The molecule has 0 spiro atoms. The first-order valence-electron chi connectivity index (χ1n) is 9.28. The molecule has 0 radical (unpaired) electrons. The summed E-state index contributed by atoms with van der Waals surface area (Å²) in [4.78, 5) is 16.4. The fourth-order valence-electron chi connectivity index (χ4n) is 2.92. The summed E-state index contributed by atoms with van der Waals surface area (Å²) in [5.74, 6) is 1.80. The zero-order chi connectivity index (χ0) is 18.9. The maximum Gasteiger partial charge on any atom is 0.314 e. The molecular formula is C20H26N4O3. The third-order valence-electron chi connectivity index (χ3n) is 4.26. The minimum atomic E-state index is -0.145. The van der Waals surface area contributed by atoms with Crippen molar-refractivity contribution in [3.63, 3.8) is 0 Å². The van der Waals surface area contributed by atoms with Gasteiger partial charge in [-0.05, 0) is 44.0 Å². The lowest BCUT2D eigenvalue weighted by molar-refractivity contribution is 0.104. The lowest BCUT2D eigenvalue weighted by Crippen LogP contribution is -2.37. The molecule has 0 fully saturated rings. The molecule has 144 valence electrons. The van der Waals surface area contributed by atoms with Crippen LogP contribution in [-0.4, -0.2) is 35.3 Å². The van der Waals surface area contributed by atoms with Crippen LogP contribution < -0.4 is 10.6 Å². The summed E-state index contributed by atoms with van der Waals surface area (Å²) in [6, 6.07) is 11.7. The number of rotatable bonds is 10. The number of nitrogens with one attached hydrogen (secondary N) is 2. The summed E-state index contributed by atoms with van der Waals surface area (Å²) in [7, 11) is 0. The average Bonchev–Trinajstić information content (AvgIpc) is 3.29. The average molecular weight is 370 g/mol. The molecule has 0 saturated heterocycles. The van der Waals surface area contributed by atoms with Crippen LogP contribution in [0.4, 0.5) is 4.79 Å². The highest BCUT2D eigenvalue weighted by molar-refractivity contribution is 5.75. The van der Waals surface area contributed by atoms with E-state index in [0.717, 1.165) is 42.0 Å². The van der Waals surface area contributed by atoms with Crippen LogP contribution in [0, 0.1) is 6.92 Å². The van der Waals surface area contributed by atoms with Gasteiger partial charge in [-0.25, -0.2) is 9.78 Å². The quantitative estimate of drug-likeness (QED) is 0.537. The standard InChI is InChI=1S/C20H26N4O3/c1-16-23-18-8-2-3-9-19(18)24(16)12-5-10-21-20(25)22-11-6-13-26-15-17-7-4-14-27-17/h2-4,7-9,14H,5-6,10-13,15H2,1H3,(H2,21,22,25). The number of urea groups is 1. The zero-order valence-corrected chi connectivity index (χ0v) is 15.6. The van der Waals surface area contributed by atoms with E-state index in [9.17, 15) is 4.79 Å². The number of carbonyl (C=O) groups is 1. The van der Waals surface area contributed by atoms with Gasteiger partial charge in [0.25, 0.3) is 0 Å². The number of carbonyl (C=O) groups excluding carboxylic acids is 1. The lowest BCUT2D eigenvalue weighted by atomic mass is 10.3. The minimum Gasteiger partial charge on any atom is -0.467 e. The van der Waals surface area contributed by atoms with Crippen molar-refractivity contribution in [3.8, 4) is 0 Å². The Morgan fingerprint density at radius 2 is 1.96 bits per heavy atom. The zero-order valence-electron chi connectivity index (χ0n) is 15.6. The Labute approximate surface area is 158 Å². The number of aromatic nitrogens is 2. The largest absolute Gasteiger partial charge is 0.467 e. The van der Waals surface area contributed by atoms with E-state index in [0.29, 0.717) is 26.3 Å². The molecule has 0 unspecified atom stereocenters. The predicted molar refractivity (Wildman–Crippen MR) is 103 cm³/mol. The van der Waals surface area contributed by atoms with Gasteiger partial charge >= 0.3 is 6.03 Å². The number of aryl methyl sites for hydroxylation is 2. The minimum absolute atomic E-state index is 0.145. The first kappa shape index (κ1) is 19.0. The van der Waals surface area contributed by atoms with Crippen LogP contribution in [0.2, 0.25) is 0 Å². The molecule has 0 aliphatic carbocycles. The van der Waals surface area contributed by atoms with Crippen molar-refractivity contribution in [2.75, 3.05) is 19.7 Å². The molecule has 0 aliphatic heterocycles. The Bertz CT molecular complexity index is 842. The van der Waals surface area contributed by atoms with Gasteiger partial charge in [0, 0.05) is 26.2 Å². The number of benzene rings is 1. The number of ether oxygens (including phenoxy) is 1. The number of hydrogen-bond acceptors (Lipinski definition) is 4. The van der Waals surface area contributed by atoms with E-state index in [1.807, 2.05) is 37.3 Å². The van der Waals surface area contributed by atoms with Gasteiger partial charge in [-0.3, -0.25) is 0 Å². The van der Waals surface area contributed by atoms with Gasteiger partial charge in [-0.1, -0.05) is 12.1 Å². The molecule has 2 heterocycles. The predicted octanol–water partition coefficient (Wildman–Crippen LogP) is 3.23. The van der Waals surface area contributed by atoms with E-state index in [1.54, 1.807) is 6.26 Å². The first-order valence-corrected chi connectivity index (χ1v) is 9.28. The summed E-state index contributed by atoms with van der Waals surface area (Å²) >= 11 is 0. The van der Waals surface area contributed by atoms with Gasteiger partial charge in [0.05, 0.1) is 17.3 Å². The van der Waals surface area contributed by atoms with E-state index in [-0.39, 0.29) is 6.03 Å². The van der Waals surface area contributed by atoms with Crippen LogP contribution in [0.15, 0.2) is 47.1 Å². The van der Waals surface area contributed by atoms with Crippen LogP contribution in [0.25, 0.3) is 11.0 Å². The molecule has 27 heavy (non-hydrogen) atoms. The Kier molecular flexibility index (Phi) is 6.87. The Morgan fingerprint density at radius 3 is 2.78 bits per heavy atom. The summed E-state index contributed by atoms with van der Waals surface area (Å²) < 4.78 is 12.8. The number of hydrogen-bond donors (Lipinski definition) is 2.